The van der Waals surface area contributed by atoms with Gasteiger partial charge in [0.25, 0.3) is 5.56 Å². The lowest BCUT2D eigenvalue weighted by Gasteiger charge is -2.51. The van der Waals surface area contributed by atoms with Gasteiger partial charge >= 0.3 is 0 Å². The summed E-state index contributed by atoms with van der Waals surface area (Å²) in [6.07, 6.45) is 4.27. The third kappa shape index (κ3) is 4.82. The molecule has 0 saturated carbocycles. The summed E-state index contributed by atoms with van der Waals surface area (Å²) in [5, 5.41) is 0.251. The van der Waals surface area contributed by atoms with Crippen LogP contribution in [0, 0.1) is 18.6 Å². The lowest BCUT2D eigenvalue weighted by atomic mass is 9.93. The number of aryl methyl sites for hydroxylation is 1. The van der Waals surface area contributed by atoms with E-state index in [1.165, 1.54) is 29.4 Å². The molecule has 0 spiro atoms. The van der Waals surface area contributed by atoms with Crippen molar-refractivity contribution in [3.63, 3.8) is 0 Å². The summed E-state index contributed by atoms with van der Waals surface area (Å²) in [6, 6.07) is 4.49. The van der Waals surface area contributed by atoms with Gasteiger partial charge in [-0.2, -0.15) is 0 Å². The zero-order valence-electron chi connectivity index (χ0n) is 28.8. The lowest BCUT2D eigenvalue weighted by molar-refractivity contribution is -0.128. The molecule has 1 amide bonds. The number of rotatable bonds is 5. The second-order valence-electron chi connectivity index (χ2n) is 13.9. The molecule has 5 aromatic rings. The van der Waals surface area contributed by atoms with Crippen molar-refractivity contribution >= 4 is 39.2 Å². The van der Waals surface area contributed by atoms with Gasteiger partial charge in [-0.25, -0.2) is 23.7 Å². The average molecular weight is 667 g/mol. The van der Waals surface area contributed by atoms with Crippen molar-refractivity contribution in [2.75, 3.05) is 36.5 Å². The molecule has 5 heterocycles. The maximum Gasteiger partial charge on any atom is 0.281 e. The molecule has 2 aliphatic rings. The molecule has 0 aliphatic carbocycles. The van der Waals surface area contributed by atoms with Crippen LogP contribution < -0.4 is 15.4 Å². The Labute approximate surface area is 283 Å². The molecule has 1 saturated heterocycles. The van der Waals surface area contributed by atoms with Crippen molar-refractivity contribution in [2.45, 2.75) is 65.5 Å². The van der Waals surface area contributed by atoms with Crippen molar-refractivity contribution in [1.29, 1.82) is 0 Å². The third-order valence-electron chi connectivity index (χ3n) is 10.00. The Bertz CT molecular complexity index is 2210. The van der Waals surface area contributed by atoms with Crippen LogP contribution in [0.1, 0.15) is 63.4 Å². The molecule has 2 aliphatic heterocycles. The van der Waals surface area contributed by atoms with Gasteiger partial charge in [-0.15, -0.1) is 0 Å². The van der Waals surface area contributed by atoms with E-state index in [2.05, 4.69) is 26.5 Å². The first-order valence-corrected chi connectivity index (χ1v) is 16.6. The van der Waals surface area contributed by atoms with Gasteiger partial charge in [0.1, 0.15) is 17.8 Å². The molecule has 3 aromatic heterocycles. The molecule has 12 heteroatoms. The Balaban J connectivity index is 1.65. The summed E-state index contributed by atoms with van der Waals surface area (Å²) >= 11 is 0. The van der Waals surface area contributed by atoms with Crippen LogP contribution in [0.5, 0.6) is 0 Å². The monoisotopic (exact) mass is 666 g/mol. The maximum atomic E-state index is 17.8. The second-order valence-corrected chi connectivity index (χ2v) is 13.9. The highest BCUT2D eigenvalue weighted by Gasteiger charge is 2.42. The van der Waals surface area contributed by atoms with Crippen LogP contribution in [0.15, 0.2) is 48.3 Å². The number of anilines is 2. The first-order valence-electron chi connectivity index (χ1n) is 16.6. The number of likely N-dealkylation sites (N-methyl/N-ethyl adjacent to an activating group) is 1. The van der Waals surface area contributed by atoms with E-state index in [4.69, 9.17) is 0 Å². The summed E-state index contributed by atoms with van der Waals surface area (Å²) in [7, 11) is 1.81. The van der Waals surface area contributed by atoms with E-state index in [9.17, 15) is 4.79 Å². The quantitative estimate of drug-likeness (QED) is 0.223. The van der Waals surface area contributed by atoms with Crippen LogP contribution in [0.2, 0.25) is 0 Å². The zero-order valence-corrected chi connectivity index (χ0v) is 28.8. The number of imidazole rings is 1. The van der Waals surface area contributed by atoms with Crippen LogP contribution in [0.25, 0.3) is 38.8 Å². The number of aromatic amines is 1. The fraction of sp³-hybridized carbons (Fsp3) is 0.378. The first kappa shape index (κ1) is 32.4. The Morgan fingerprint density at radius 1 is 1.00 bits per heavy atom. The molecule has 1 N–H and O–H groups in total. The van der Waals surface area contributed by atoms with Gasteiger partial charge in [0.2, 0.25) is 5.91 Å². The Morgan fingerprint density at radius 3 is 2.35 bits per heavy atom. The van der Waals surface area contributed by atoms with Gasteiger partial charge in [0.15, 0.2) is 5.82 Å². The van der Waals surface area contributed by atoms with Gasteiger partial charge in [-0.05, 0) is 49.5 Å². The van der Waals surface area contributed by atoms with Gasteiger partial charge in [-0.1, -0.05) is 40.3 Å². The molecule has 2 aromatic carbocycles. The van der Waals surface area contributed by atoms with Crippen LogP contribution in [0.4, 0.5) is 20.2 Å². The van der Waals surface area contributed by atoms with Crippen molar-refractivity contribution in [1.82, 2.24) is 29.4 Å². The minimum atomic E-state index is -0.875. The predicted molar refractivity (Wildman–Crippen MR) is 189 cm³/mol. The van der Waals surface area contributed by atoms with E-state index < -0.39 is 17.2 Å². The summed E-state index contributed by atoms with van der Waals surface area (Å²) in [4.78, 5) is 50.3. The standard InChI is InChI=1S/C37H40F2N8O2/c1-9-26(48)45-15-22-14-44(8)36-34(46(22)13-21(45)7)23-12-24(38)28(27-20(6)10-11-25-32(27)43-16-40-25)29(39)33(23)47(37(36)49)35-30(18(2)3)41-17-42-31(35)19(4)5/h9-12,16-19,21-22H,1,13-15H2,2-8H3,(H,40,43). The number of carbonyl (C=O) groups excluding carboxylic acids is 1. The van der Waals surface area contributed by atoms with Crippen LogP contribution in [-0.2, 0) is 4.79 Å². The van der Waals surface area contributed by atoms with Crippen molar-refractivity contribution in [2.24, 2.45) is 0 Å². The number of nitrogens with zero attached hydrogens (tertiary/aromatic N) is 7. The fourth-order valence-electron chi connectivity index (χ4n) is 7.73. The van der Waals surface area contributed by atoms with Crippen LogP contribution in [-0.4, -0.2) is 74.1 Å². The second kappa shape index (κ2) is 11.8. The van der Waals surface area contributed by atoms with Crippen molar-refractivity contribution in [3.05, 3.63) is 82.4 Å². The van der Waals surface area contributed by atoms with E-state index in [0.29, 0.717) is 70.2 Å². The van der Waals surface area contributed by atoms with E-state index >= 15 is 13.6 Å². The summed E-state index contributed by atoms with van der Waals surface area (Å²) < 4.78 is 36.0. The minimum absolute atomic E-state index is 0.0583. The Morgan fingerprint density at radius 2 is 1.69 bits per heavy atom. The molecular weight excluding hydrogens is 626 g/mol. The van der Waals surface area contributed by atoms with Gasteiger partial charge in [0.05, 0.1) is 57.2 Å². The number of fused-ring (bicyclic) bond motifs is 6. The highest BCUT2D eigenvalue weighted by molar-refractivity contribution is 6.05. The molecule has 1 fully saturated rings. The molecule has 7 rings (SSSR count). The fourth-order valence-corrected chi connectivity index (χ4v) is 7.73. The predicted octanol–water partition coefficient (Wildman–Crippen LogP) is 6.20. The molecule has 254 valence electrons. The van der Waals surface area contributed by atoms with E-state index in [1.807, 2.05) is 57.5 Å². The Hall–Kier alpha value is -5.13. The number of halogens is 2. The number of hydrogen-bond acceptors (Lipinski definition) is 7. The molecule has 49 heavy (non-hydrogen) atoms. The molecule has 2 unspecified atom stereocenters. The number of amides is 1. The molecule has 0 bridgehead atoms. The van der Waals surface area contributed by atoms with Crippen molar-refractivity contribution < 1.29 is 13.6 Å². The van der Waals surface area contributed by atoms with Crippen LogP contribution >= 0.6 is 0 Å². The summed E-state index contributed by atoms with van der Waals surface area (Å²) in [6.45, 7) is 16.4. The summed E-state index contributed by atoms with van der Waals surface area (Å²) in [5.74, 6) is -2.12. The molecule has 0 radical (unpaired) electrons. The normalized spacial score (nSPS) is 17.7. The SMILES string of the molecule is C=CC(=O)N1CC2CN(C)c3c(c4cc(F)c(-c5c(C)ccc6[nH]cnc56)c(F)c4n(-c4c(C(C)C)ncnc4C(C)C)c3=O)N2CC1C. The number of benzene rings is 2. The third-order valence-corrected chi connectivity index (χ3v) is 10.00. The molecule has 2 atom stereocenters. The van der Waals surface area contributed by atoms with Crippen LogP contribution in [0.3, 0.4) is 0 Å². The number of nitrogens with one attached hydrogen (secondary N) is 1. The minimum Gasteiger partial charge on any atom is -0.366 e. The van der Waals surface area contributed by atoms with E-state index in [1.54, 1.807) is 17.9 Å². The average Bonchev–Trinajstić information content (AvgIpc) is 3.54. The molecule has 10 nitrogen and oxygen atoms in total. The number of carbonyl (C=O) groups is 1. The Kier molecular flexibility index (Phi) is 7.79. The highest BCUT2D eigenvalue weighted by atomic mass is 19.1. The lowest BCUT2D eigenvalue weighted by Crippen LogP contribution is -2.64. The number of aromatic nitrogens is 5. The number of H-pyrrole nitrogens is 1. The first-order chi connectivity index (χ1) is 23.3. The van der Waals surface area contributed by atoms with Gasteiger partial charge in [0, 0.05) is 43.7 Å². The highest BCUT2D eigenvalue weighted by Crippen LogP contribution is 2.46. The topological polar surface area (TPSA) is 103 Å². The number of hydrogen-bond donors (Lipinski definition) is 1. The van der Waals surface area contributed by atoms with Gasteiger partial charge < -0.3 is 19.7 Å². The smallest absolute Gasteiger partial charge is 0.281 e. The number of pyridine rings is 1. The van der Waals surface area contributed by atoms with E-state index in [-0.39, 0.29) is 46.3 Å². The maximum absolute atomic E-state index is 17.8. The zero-order chi connectivity index (χ0) is 35.0. The largest absolute Gasteiger partial charge is 0.366 e. The van der Waals surface area contributed by atoms with Crippen molar-refractivity contribution in [3.8, 4) is 16.8 Å². The molecular formula is C37H40F2N8O2. The van der Waals surface area contributed by atoms with Gasteiger partial charge in [-0.3, -0.25) is 14.2 Å². The summed E-state index contributed by atoms with van der Waals surface area (Å²) in [5.41, 5.74) is 3.57. The number of piperazine rings is 1. The van der Waals surface area contributed by atoms with E-state index in [0.717, 1.165) is 0 Å².